The van der Waals surface area contributed by atoms with Gasteiger partial charge >= 0.3 is 5.69 Å². The molecule has 0 amide bonds. The molecule has 8 heteroatoms. The lowest BCUT2D eigenvalue weighted by Gasteiger charge is -2.24. The number of hydrogen-bond acceptors (Lipinski definition) is 7. The highest BCUT2D eigenvalue weighted by atomic mass is 16.6. The maximum absolute atomic E-state index is 11.3. The number of aryl methyl sites for hydroxylation is 1. The molecule has 1 atom stereocenters. The summed E-state index contributed by atoms with van der Waals surface area (Å²) < 4.78 is 5.57. The molecule has 0 radical (unpaired) electrons. The van der Waals surface area contributed by atoms with Crippen molar-refractivity contribution in [3.8, 4) is 0 Å². The van der Waals surface area contributed by atoms with Gasteiger partial charge in [-0.3, -0.25) is 10.1 Å². The van der Waals surface area contributed by atoms with Crippen LogP contribution in [0.2, 0.25) is 0 Å². The lowest BCUT2D eigenvalue weighted by Crippen LogP contribution is -2.34. The van der Waals surface area contributed by atoms with E-state index < -0.39 is 11.0 Å². The zero-order valence-corrected chi connectivity index (χ0v) is 11.2. The molecule has 1 fully saturated rings. The smallest absolute Gasteiger partial charge is 0.335 e. The fraction of sp³-hybridized carbons (Fsp3) is 0.636. The number of anilines is 1. The minimum atomic E-state index is -0.442. The van der Waals surface area contributed by atoms with Gasteiger partial charge in [-0.25, -0.2) is 9.97 Å². The Hall–Kier alpha value is -1.80. The van der Waals surface area contributed by atoms with Crippen molar-refractivity contribution in [2.24, 2.45) is 0 Å². The van der Waals surface area contributed by atoms with E-state index in [4.69, 9.17) is 4.74 Å². The van der Waals surface area contributed by atoms with Crippen molar-refractivity contribution in [1.29, 1.82) is 0 Å². The van der Waals surface area contributed by atoms with E-state index in [0.717, 1.165) is 6.54 Å². The maximum atomic E-state index is 11.3. The second-order valence-electron chi connectivity index (χ2n) is 4.54. The Morgan fingerprint density at radius 2 is 2.21 bits per heavy atom. The number of ether oxygens (including phenoxy) is 1. The van der Waals surface area contributed by atoms with E-state index in [2.05, 4.69) is 15.3 Å². The van der Waals surface area contributed by atoms with E-state index in [1.54, 1.807) is 25.9 Å². The van der Waals surface area contributed by atoms with Crippen LogP contribution in [0, 0.1) is 17.0 Å². The van der Waals surface area contributed by atoms with Crippen LogP contribution in [-0.2, 0) is 4.74 Å². The quantitative estimate of drug-likeness (QED) is 0.626. The lowest BCUT2D eigenvalue weighted by molar-refractivity contribution is -0.386. The molecule has 0 bridgehead atoms. The fourth-order valence-corrected chi connectivity index (χ4v) is 2.03. The molecule has 104 valence electrons. The minimum Gasteiger partial charge on any atom is -0.369 e. The Balaban J connectivity index is 2.53. The summed E-state index contributed by atoms with van der Waals surface area (Å²) in [5.41, 5.74) is 0.262. The van der Waals surface area contributed by atoms with Gasteiger partial charge in [-0.2, -0.15) is 0 Å². The first kappa shape index (κ1) is 13.6. The summed E-state index contributed by atoms with van der Waals surface area (Å²) in [7, 11) is 3.44. The van der Waals surface area contributed by atoms with E-state index in [9.17, 15) is 10.1 Å². The van der Waals surface area contributed by atoms with E-state index >= 15 is 0 Å². The number of nitrogens with one attached hydrogen (secondary N) is 1. The summed E-state index contributed by atoms with van der Waals surface area (Å²) in [5.74, 6) is 0.806. The Bertz CT molecular complexity index is 485. The highest BCUT2D eigenvalue weighted by Gasteiger charge is 2.31. The molecule has 0 spiro atoms. The zero-order chi connectivity index (χ0) is 14.0. The molecule has 1 unspecified atom stereocenters. The molecule has 0 aliphatic carbocycles. The molecule has 1 N–H and O–H groups in total. The van der Waals surface area contributed by atoms with Gasteiger partial charge in [0.2, 0.25) is 5.82 Å². The van der Waals surface area contributed by atoms with Crippen molar-refractivity contribution < 1.29 is 9.66 Å². The number of rotatable bonds is 3. The standard InChI is InChI=1S/C11H17N5O3/c1-7-13-9(8-6-12-4-5-19-8)10(16(17)18)11(14-7)15(2)3/h8,12H,4-6H2,1-3H3. The first-order valence-corrected chi connectivity index (χ1v) is 6.03. The Morgan fingerprint density at radius 3 is 2.74 bits per heavy atom. The van der Waals surface area contributed by atoms with Crippen molar-refractivity contribution in [2.75, 3.05) is 38.7 Å². The molecule has 8 nitrogen and oxygen atoms in total. The predicted octanol–water partition coefficient (Wildman–Crippen LogP) is 0.420. The summed E-state index contributed by atoms with van der Waals surface area (Å²) in [4.78, 5) is 20.9. The van der Waals surface area contributed by atoms with Crippen molar-refractivity contribution in [3.05, 3.63) is 21.6 Å². The summed E-state index contributed by atoms with van der Waals surface area (Å²) in [6.45, 7) is 3.50. The molecule has 1 aromatic heterocycles. The van der Waals surface area contributed by atoms with Gasteiger partial charge in [0, 0.05) is 27.2 Å². The number of morpholine rings is 1. The predicted molar refractivity (Wildman–Crippen MR) is 69.3 cm³/mol. The van der Waals surface area contributed by atoms with Crippen LogP contribution < -0.4 is 10.2 Å². The number of hydrogen-bond donors (Lipinski definition) is 1. The molecule has 2 rings (SSSR count). The van der Waals surface area contributed by atoms with Crippen molar-refractivity contribution in [3.63, 3.8) is 0 Å². The Kier molecular flexibility index (Phi) is 3.91. The molecule has 19 heavy (non-hydrogen) atoms. The molecule has 1 saturated heterocycles. The maximum Gasteiger partial charge on any atom is 0.335 e. The molecule has 1 aliphatic heterocycles. The first-order valence-electron chi connectivity index (χ1n) is 6.03. The fourth-order valence-electron chi connectivity index (χ4n) is 2.03. The SMILES string of the molecule is Cc1nc(C2CNCCO2)c([N+](=O)[O-])c(N(C)C)n1. The van der Waals surface area contributed by atoms with Gasteiger partial charge < -0.3 is 15.0 Å². The van der Waals surface area contributed by atoms with E-state index in [1.165, 1.54) is 0 Å². The summed E-state index contributed by atoms with van der Waals surface area (Å²) >= 11 is 0. The van der Waals surface area contributed by atoms with Crippen LogP contribution in [0.25, 0.3) is 0 Å². The largest absolute Gasteiger partial charge is 0.369 e. The van der Waals surface area contributed by atoms with Crippen LogP contribution in [0.5, 0.6) is 0 Å². The van der Waals surface area contributed by atoms with Gasteiger partial charge in [0.25, 0.3) is 0 Å². The van der Waals surface area contributed by atoms with E-state index in [0.29, 0.717) is 30.5 Å². The monoisotopic (exact) mass is 267 g/mol. The average Bonchev–Trinajstić information content (AvgIpc) is 2.38. The topological polar surface area (TPSA) is 93.4 Å². The van der Waals surface area contributed by atoms with Gasteiger partial charge in [0.15, 0.2) is 5.69 Å². The molecular weight excluding hydrogens is 250 g/mol. The number of nitro groups is 1. The molecule has 0 aromatic carbocycles. The van der Waals surface area contributed by atoms with Crippen molar-refractivity contribution >= 4 is 11.5 Å². The third-order valence-electron chi connectivity index (χ3n) is 2.84. The first-order chi connectivity index (χ1) is 9.00. The van der Waals surface area contributed by atoms with Crippen LogP contribution in [-0.4, -0.2) is 48.7 Å². The minimum absolute atomic E-state index is 0.0794. The average molecular weight is 267 g/mol. The molecule has 1 aliphatic rings. The van der Waals surface area contributed by atoms with Crippen LogP contribution >= 0.6 is 0 Å². The van der Waals surface area contributed by atoms with Crippen LogP contribution in [0.3, 0.4) is 0 Å². The third-order valence-corrected chi connectivity index (χ3v) is 2.84. The van der Waals surface area contributed by atoms with Crippen LogP contribution in [0.15, 0.2) is 0 Å². The van der Waals surface area contributed by atoms with Crippen molar-refractivity contribution in [1.82, 2.24) is 15.3 Å². The molecule has 1 aromatic rings. The number of aromatic nitrogens is 2. The van der Waals surface area contributed by atoms with Gasteiger partial charge in [-0.1, -0.05) is 0 Å². The van der Waals surface area contributed by atoms with E-state index in [-0.39, 0.29) is 5.69 Å². The van der Waals surface area contributed by atoms with Gasteiger partial charge in [-0.15, -0.1) is 0 Å². The van der Waals surface area contributed by atoms with Crippen LogP contribution in [0.1, 0.15) is 17.6 Å². The second-order valence-corrected chi connectivity index (χ2v) is 4.54. The number of nitrogens with zero attached hydrogens (tertiary/aromatic N) is 4. The second kappa shape index (κ2) is 5.45. The summed E-state index contributed by atoms with van der Waals surface area (Å²) in [5, 5.41) is 14.5. The van der Waals surface area contributed by atoms with Gasteiger partial charge in [0.1, 0.15) is 11.9 Å². The Labute approximate surface area is 110 Å². The lowest BCUT2D eigenvalue weighted by atomic mass is 10.1. The normalized spacial score (nSPS) is 19.2. The Morgan fingerprint density at radius 1 is 1.47 bits per heavy atom. The van der Waals surface area contributed by atoms with E-state index in [1.807, 2.05) is 0 Å². The van der Waals surface area contributed by atoms with Crippen molar-refractivity contribution in [2.45, 2.75) is 13.0 Å². The molecular formula is C11H17N5O3. The highest BCUT2D eigenvalue weighted by Crippen LogP contribution is 2.33. The van der Waals surface area contributed by atoms with Crippen LogP contribution in [0.4, 0.5) is 11.5 Å². The van der Waals surface area contributed by atoms with Gasteiger partial charge in [0.05, 0.1) is 11.5 Å². The summed E-state index contributed by atoms with van der Waals surface area (Å²) in [6, 6.07) is 0. The molecule has 0 saturated carbocycles. The summed E-state index contributed by atoms with van der Waals surface area (Å²) in [6.07, 6.45) is -0.408. The van der Waals surface area contributed by atoms with Gasteiger partial charge in [-0.05, 0) is 6.92 Å². The third kappa shape index (κ3) is 2.79. The highest BCUT2D eigenvalue weighted by molar-refractivity contribution is 5.60. The molecule has 2 heterocycles. The zero-order valence-electron chi connectivity index (χ0n) is 11.2.